The summed E-state index contributed by atoms with van der Waals surface area (Å²) in [5, 5.41) is 2.57. The van der Waals surface area contributed by atoms with Crippen LogP contribution in [-0.4, -0.2) is 37.0 Å². The van der Waals surface area contributed by atoms with Crippen LogP contribution in [0.3, 0.4) is 0 Å². The summed E-state index contributed by atoms with van der Waals surface area (Å²) in [5.41, 5.74) is 1.89. The van der Waals surface area contributed by atoms with Gasteiger partial charge in [0, 0.05) is 25.2 Å². The molecule has 0 saturated carbocycles. The first-order valence-electron chi connectivity index (χ1n) is 8.45. The number of ether oxygens (including phenoxy) is 1. The van der Waals surface area contributed by atoms with Crippen LogP contribution in [0.5, 0.6) is 0 Å². The molecule has 2 atom stereocenters. The van der Waals surface area contributed by atoms with E-state index in [1.807, 2.05) is 31.2 Å². The Morgan fingerprint density at radius 1 is 1.44 bits per heavy atom. The zero-order valence-corrected chi connectivity index (χ0v) is 14.7. The molecule has 0 spiro atoms. The van der Waals surface area contributed by atoms with Crippen molar-refractivity contribution in [3.8, 4) is 0 Å². The fourth-order valence-corrected chi connectivity index (χ4v) is 2.81. The minimum atomic E-state index is -0.903. The third-order valence-electron chi connectivity index (χ3n) is 4.20. The molecule has 25 heavy (non-hydrogen) atoms. The van der Waals surface area contributed by atoms with Crippen molar-refractivity contribution in [2.45, 2.75) is 32.8 Å². The van der Waals surface area contributed by atoms with E-state index in [-0.39, 0.29) is 24.8 Å². The first-order valence-corrected chi connectivity index (χ1v) is 8.45. The summed E-state index contributed by atoms with van der Waals surface area (Å²) in [7, 11) is 0. The average Bonchev–Trinajstić information content (AvgIpc) is 3.01. The first kappa shape index (κ1) is 18.7. The standard InChI is InChI=1S/C19H24N2O4/c1-4-10-20-18(23)13(3)25-19(24)15-11-17(22)21(12-15)16-9-7-6-8-14(16)5-2/h4,6-9,13,15H,1,5,10-12H2,2-3H3,(H,20,23)/t13-,15+/m1/s1. The molecule has 1 aliphatic rings. The molecule has 1 aromatic carbocycles. The van der Waals surface area contributed by atoms with Crippen LogP contribution in [0, 0.1) is 5.92 Å². The SMILES string of the molecule is C=CCNC(=O)[C@@H](C)OC(=O)[C@H]1CC(=O)N(c2ccccc2CC)C1. The molecule has 1 aromatic rings. The number of anilines is 1. The van der Waals surface area contributed by atoms with E-state index >= 15 is 0 Å². The van der Waals surface area contributed by atoms with Gasteiger partial charge in [-0.15, -0.1) is 6.58 Å². The third kappa shape index (κ3) is 4.47. The first-order chi connectivity index (χ1) is 12.0. The normalized spacial score (nSPS) is 17.9. The molecule has 1 aliphatic heterocycles. The molecule has 6 nitrogen and oxygen atoms in total. The summed E-state index contributed by atoms with van der Waals surface area (Å²) >= 11 is 0. The van der Waals surface area contributed by atoms with Crippen molar-refractivity contribution >= 4 is 23.5 Å². The zero-order valence-electron chi connectivity index (χ0n) is 14.7. The fourth-order valence-electron chi connectivity index (χ4n) is 2.81. The van der Waals surface area contributed by atoms with Crippen LogP contribution in [-0.2, 0) is 25.5 Å². The maximum Gasteiger partial charge on any atom is 0.312 e. The number of nitrogens with one attached hydrogen (secondary N) is 1. The molecule has 2 amide bonds. The van der Waals surface area contributed by atoms with Crippen molar-refractivity contribution in [3.05, 3.63) is 42.5 Å². The Morgan fingerprint density at radius 3 is 2.84 bits per heavy atom. The predicted octanol–water partition coefficient (Wildman–Crippen LogP) is 1.84. The lowest BCUT2D eigenvalue weighted by Crippen LogP contribution is -2.37. The second-order valence-corrected chi connectivity index (χ2v) is 6.00. The van der Waals surface area contributed by atoms with E-state index in [0.717, 1.165) is 17.7 Å². The van der Waals surface area contributed by atoms with E-state index in [9.17, 15) is 14.4 Å². The fraction of sp³-hybridized carbons (Fsp3) is 0.421. The minimum absolute atomic E-state index is 0.0951. The Bertz CT molecular complexity index is 671. The number of hydrogen-bond donors (Lipinski definition) is 1. The van der Waals surface area contributed by atoms with Gasteiger partial charge in [-0.25, -0.2) is 0 Å². The number of benzene rings is 1. The summed E-state index contributed by atoms with van der Waals surface area (Å²) < 4.78 is 5.22. The van der Waals surface area contributed by atoms with Crippen molar-refractivity contribution in [3.63, 3.8) is 0 Å². The summed E-state index contributed by atoms with van der Waals surface area (Å²) in [4.78, 5) is 38.1. The molecule has 1 fully saturated rings. The number of carbonyl (C=O) groups is 3. The number of esters is 1. The molecule has 2 rings (SSSR count). The molecule has 0 radical (unpaired) electrons. The minimum Gasteiger partial charge on any atom is -0.452 e. The third-order valence-corrected chi connectivity index (χ3v) is 4.20. The van der Waals surface area contributed by atoms with Crippen molar-refractivity contribution in [2.75, 3.05) is 18.0 Å². The smallest absolute Gasteiger partial charge is 0.312 e. The van der Waals surface area contributed by atoms with Crippen LogP contribution < -0.4 is 10.2 Å². The molecule has 134 valence electrons. The zero-order chi connectivity index (χ0) is 18.4. The largest absolute Gasteiger partial charge is 0.452 e. The Morgan fingerprint density at radius 2 is 2.16 bits per heavy atom. The second-order valence-electron chi connectivity index (χ2n) is 6.00. The molecule has 1 saturated heterocycles. The van der Waals surface area contributed by atoms with Crippen LogP contribution in [0.25, 0.3) is 0 Å². The maximum absolute atomic E-state index is 12.3. The highest BCUT2D eigenvalue weighted by Gasteiger charge is 2.37. The van der Waals surface area contributed by atoms with Gasteiger partial charge in [-0.3, -0.25) is 14.4 Å². The van der Waals surface area contributed by atoms with E-state index in [2.05, 4.69) is 11.9 Å². The lowest BCUT2D eigenvalue weighted by Gasteiger charge is -2.20. The van der Waals surface area contributed by atoms with Gasteiger partial charge in [-0.05, 0) is 25.0 Å². The second kappa shape index (κ2) is 8.46. The topological polar surface area (TPSA) is 75.7 Å². The van der Waals surface area contributed by atoms with Gasteiger partial charge in [0.25, 0.3) is 5.91 Å². The van der Waals surface area contributed by atoms with Gasteiger partial charge >= 0.3 is 5.97 Å². The van der Waals surface area contributed by atoms with Gasteiger partial charge < -0.3 is 15.0 Å². The highest BCUT2D eigenvalue weighted by molar-refractivity contribution is 6.00. The lowest BCUT2D eigenvalue weighted by atomic mass is 10.1. The van der Waals surface area contributed by atoms with Gasteiger partial charge in [-0.2, -0.15) is 0 Å². The monoisotopic (exact) mass is 344 g/mol. The number of amides is 2. The number of carbonyl (C=O) groups excluding carboxylic acids is 3. The number of rotatable bonds is 7. The van der Waals surface area contributed by atoms with E-state index in [1.165, 1.54) is 6.92 Å². The Balaban J connectivity index is 2.00. The van der Waals surface area contributed by atoms with Gasteiger partial charge in [0.15, 0.2) is 6.10 Å². The van der Waals surface area contributed by atoms with E-state index in [1.54, 1.807) is 11.0 Å². The molecule has 1 N–H and O–H groups in total. The molecular weight excluding hydrogens is 320 g/mol. The number of hydrogen-bond acceptors (Lipinski definition) is 4. The summed E-state index contributed by atoms with van der Waals surface area (Å²) in [6.07, 6.45) is 1.54. The molecule has 1 heterocycles. The lowest BCUT2D eigenvalue weighted by molar-refractivity contribution is -0.158. The highest BCUT2D eigenvalue weighted by atomic mass is 16.5. The molecule has 0 bridgehead atoms. The quantitative estimate of drug-likeness (QED) is 0.605. The molecule has 0 aromatic heterocycles. The van der Waals surface area contributed by atoms with Crippen LogP contribution in [0.1, 0.15) is 25.8 Å². The van der Waals surface area contributed by atoms with Gasteiger partial charge in [-0.1, -0.05) is 31.2 Å². The van der Waals surface area contributed by atoms with Crippen LogP contribution >= 0.6 is 0 Å². The molecule has 0 aliphatic carbocycles. The predicted molar refractivity (Wildman–Crippen MR) is 95.0 cm³/mol. The van der Waals surface area contributed by atoms with Crippen molar-refractivity contribution in [1.29, 1.82) is 0 Å². The summed E-state index contributed by atoms with van der Waals surface area (Å²) in [6.45, 7) is 7.63. The number of nitrogens with zero attached hydrogens (tertiary/aromatic N) is 1. The van der Waals surface area contributed by atoms with Gasteiger partial charge in [0.05, 0.1) is 5.92 Å². The van der Waals surface area contributed by atoms with Crippen molar-refractivity contribution in [1.82, 2.24) is 5.32 Å². The van der Waals surface area contributed by atoms with Crippen molar-refractivity contribution < 1.29 is 19.1 Å². The molecule has 6 heteroatoms. The Hall–Kier alpha value is -2.63. The van der Waals surface area contributed by atoms with Gasteiger partial charge in [0.1, 0.15) is 0 Å². The Labute approximate surface area is 147 Å². The summed E-state index contributed by atoms with van der Waals surface area (Å²) in [6, 6.07) is 7.66. The van der Waals surface area contributed by atoms with Crippen LogP contribution in [0.4, 0.5) is 5.69 Å². The number of para-hydroxylation sites is 1. The Kier molecular flexibility index (Phi) is 6.33. The van der Waals surface area contributed by atoms with Crippen LogP contribution in [0.15, 0.2) is 36.9 Å². The van der Waals surface area contributed by atoms with Crippen molar-refractivity contribution in [2.24, 2.45) is 5.92 Å². The van der Waals surface area contributed by atoms with E-state index < -0.39 is 18.0 Å². The molecule has 0 unspecified atom stereocenters. The maximum atomic E-state index is 12.3. The van der Waals surface area contributed by atoms with E-state index in [0.29, 0.717) is 6.54 Å². The highest BCUT2D eigenvalue weighted by Crippen LogP contribution is 2.29. The van der Waals surface area contributed by atoms with E-state index in [4.69, 9.17) is 4.74 Å². The molecular formula is C19H24N2O4. The summed E-state index contributed by atoms with van der Waals surface area (Å²) in [5.74, 6) is -1.57. The van der Waals surface area contributed by atoms with Crippen LogP contribution in [0.2, 0.25) is 0 Å². The number of aryl methyl sites for hydroxylation is 1. The average molecular weight is 344 g/mol. The van der Waals surface area contributed by atoms with Gasteiger partial charge in [0.2, 0.25) is 5.91 Å².